The molecule has 0 fully saturated rings. The molecule has 1 unspecified atom stereocenters. The molecule has 1 rings (SSSR count). The van der Waals surface area contributed by atoms with Crippen molar-refractivity contribution in [1.29, 1.82) is 0 Å². The van der Waals surface area contributed by atoms with Gasteiger partial charge in [-0.1, -0.05) is 32.0 Å². The standard InChI is InChI=1S/C17H25NO4/c1-10(2)13(15(19)20)18-16(21)17(5,6)22-14-11(3)8-7-9-12(14)4/h7-10,13H,1-6H3,(H,18,21)(H,19,20). The molecule has 22 heavy (non-hydrogen) atoms. The molecule has 0 radical (unpaired) electrons. The summed E-state index contributed by atoms with van der Waals surface area (Å²) in [4.78, 5) is 23.6. The average Bonchev–Trinajstić information content (AvgIpc) is 2.39. The van der Waals surface area contributed by atoms with E-state index in [0.29, 0.717) is 5.75 Å². The average molecular weight is 307 g/mol. The van der Waals surface area contributed by atoms with Crippen LogP contribution in [-0.2, 0) is 9.59 Å². The zero-order valence-corrected chi connectivity index (χ0v) is 14.1. The first-order valence-corrected chi connectivity index (χ1v) is 7.35. The Morgan fingerprint density at radius 1 is 1.18 bits per heavy atom. The molecule has 1 atom stereocenters. The van der Waals surface area contributed by atoms with Gasteiger partial charge in [-0.3, -0.25) is 4.79 Å². The number of carboxylic acid groups (broad SMARTS) is 1. The van der Waals surface area contributed by atoms with Crippen molar-refractivity contribution in [3.8, 4) is 5.75 Å². The van der Waals surface area contributed by atoms with Crippen LogP contribution in [0.2, 0.25) is 0 Å². The molecule has 0 aromatic heterocycles. The van der Waals surface area contributed by atoms with Gasteiger partial charge in [0.25, 0.3) is 5.91 Å². The van der Waals surface area contributed by atoms with Crippen molar-refractivity contribution < 1.29 is 19.4 Å². The molecule has 1 aromatic carbocycles. The number of carboxylic acids is 1. The van der Waals surface area contributed by atoms with Crippen molar-refractivity contribution in [2.75, 3.05) is 0 Å². The second-order valence-electron chi connectivity index (χ2n) is 6.37. The smallest absolute Gasteiger partial charge is 0.326 e. The highest BCUT2D eigenvalue weighted by atomic mass is 16.5. The third-order valence-electron chi connectivity index (χ3n) is 3.53. The van der Waals surface area contributed by atoms with Crippen LogP contribution >= 0.6 is 0 Å². The van der Waals surface area contributed by atoms with Crippen LogP contribution in [0.4, 0.5) is 0 Å². The SMILES string of the molecule is Cc1cccc(C)c1OC(C)(C)C(=O)NC(C(=O)O)C(C)C. The summed E-state index contributed by atoms with van der Waals surface area (Å²) in [6.07, 6.45) is 0. The first-order valence-electron chi connectivity index (χ1n) is 7.35. The number of benzene rings is 1. The highest BCUT2D eigenvalue weighted by Crippen LogP contribution is 2.27. The molecule has 0 aliphatic carbocycles. The fourth-order valence-electron chi connectivity index (χ4n) is 2.09. The summed E-state index contributed by atoms with van der Waals surface area (Å²) in [5.74, 6) is -1.06. The van der Waals surface area contributed by atoms with Crippen LogP contribution < -0.4 is 10.1 Å². The summed E-state index contributed by atoms with van der Waals surface area (Å²) < 4.78 is 5.88. The number of aliphatic carboxylic acids is 1. The number of aryl methyl sites for hydroxylation is 2. The molecule has 2 N–H and O–H groups in total. The van der Waals surface area contributed by atoms with Gasteiger partial charge in [-0.05, 0) is 44.7 Å². The topological polar surface area (TPSA) is 75.6 Å². The molecule has 1 aromatic rings. The second-order valence-corrected chi connectivity index (χ2v) is 6.37. The zero-order chi connectivity index (χ0) is 17.1. The molecule has 0 bridgehead atoms. The molecule has 0 heterocycles. The van der Waals surface area contributed by atoms with Crippen LogP contribution in [0.15, 0.2) is 18.2 Å². The van der Waals surface area contributed by atoms with Gasteiger partial charge in [0.1, 0.15) is 11.8 Å². The number of nitrogens with one attached hydrogen (secondary N) is 1. The van der Waals surface area contributed by atoms with Crippen molar-refractivity contribution in [2.45, 2.75) is 53.2 Å². The highest BCUT2D eigenvalue weighted by Gasteiger charge is 2.35. The van der Waals surface area contributed by atoms with Crippen molar-refractivity contribution in [2.24, 2.45) is 5.92 Å². The number of amides is 1. The Labute approximate surface area is 131 Å². The minimum atomic E-state index is -1.17. The summed E-state index contributed by atoms with van der Waals surface area (Å²) in [5, 5.41) is 11.7. The molecule has 5 nitrogen and oxygen atoms in total. The number of carbonyl (C=O) groups excluding carboxylic acids is 1. The minimum Gasteiger partial charge on any atom is -0.480 e. The van der Waals surface area contributed by atoms with E-state index in [9.17, 15) is 14.7 Å². The predicted molar refractivity (Wildman–Crippen MR) is 85.0 cm³/mol. The lowest BCUT2D eigenvalue weighted by Gasteiger charge is -2.29. The van der Waals surface area contributed by atoms with Crippen molar-refractivity contribution in [1.82, 2.24) is 5.32 Å². The summed E-state index contributed by atoms with van der Waals surface area (Å²) in [5.41, 5.74) is 0.693. The molecule has 5 heteroatoms. The fraction of sp³-hybridized carbons (Fsp3) is 0.529. The molecule has 0 spiro atoms. The molecular formula is C17H25NO4. The van der Waals surface area contributed by atoms with Crippen molar-refractivity contribution in [3.63, 3.8) is 0 Å². The van der Waals surface area contributed by atoms with E-state index in [0.717, 1.165) is 11.1 Å². The van der Waals surface area contributed by atoms with Crippen LogP contribution in [0, 0.1) is 19.8 Å². The van der Waals surface area contributed by atoms with E-state index in [4.69, 9.17) is 4.74 Å². The van der Waals surface area contributed by atoms with Crippen LogP contribution in [0.1, 0.15) is 38.8 Å². The monoisotopic (exact) mass is 307 g/mol. The molecule has 0 saturated heterocycles. The van der Waals surface area contributed by atoms with Gasteiger partial charge in [-0.2, -0.15) is 0 Å². The Morgan fingerprint density at radius 2 is 1.68 bits per heavy atom. The maximum absolute atomic E-state index is 12.4. The van der Waals surface area contributed by atoms with Gasteiger partial charge in [0.05, 0.1) is 0 Å². The van der Waals surface area contributed by atoms with Gasteiger partial charge in [-0.25, -0.2) is 4.79 Å². The van der Waals surface area contributed by atoms with E-state index in [1.165, 1.54) is 0 Å². The molecule has 0 aliphatic rings. The summed E-state index contributed by atoms with van der Waals surface area (Å²) in [6.45, 7) is 10.6. The molecule has 1 amide bonds. The van der Waals surface area contributed by atoms with Crippen molar-refractivity contribution in [3.05, 3.63) is 29.3 Å². The minimum absolute atomic E-state index is 0.211. The Balaban J connectivity index is 2.94. The highest BCUT2D eigenvalue weighted by molar-refractivity contribution is 5.89. The lowest BCUT2D eigenvalue weighted by Crippen LogP contribution is -2.53. The summed E-state index contributed by atoms with van der Waals surface area (Å²) in [6, 6.07) is 4.80. The number of hydrogen-bond acceptors (Lipinski definition) is 3. The van der Waals surface area contributed by atoms with E-state index in [1.54, 1.807) is 27.7 Å². The Bertz CT molecular complexity index is 544. The quantitative estimate of drug-likeness (QED) is 0.847. The second kappa shape index (κ2) is 6.81. The Kier molecular flexibility index (Phi) is 5.58. The molecule has 0 aliphatic heterocycles. The van der Waals surface area contributed by atoms with E-state index < -0.39 is 23.5 Å². The number of hydrogen-bond donors (Lipinski definition) is 2. The van der Waals surface area contributed by atoms with Gasteiger partial charge in [0.2, 0.25) is 0 Å². The van der Waals surface area contributed by atoms with Gasteiger partial charge < -0.3 is 15.2 Å². The Hall–Kier alpha value is -2.04. The third kappa shape index (κ3) is 4.23. The summed E-state index contributed by atoms with van der Waals surface area (Å²) >= 11 is 0. The predicted octanol–water partition coefficient (Wildman–Crippen LogP) is 2.69. The van der Waals surface area contributed by atoms with E-state index in [1.807, 2.05) is 32.0 Å². The lowest BCUT2D eigenvalue weighted by atomic mass is 10.0. The fourth-order valence-corrected chi connectivity index (χ4v) is 2.09. The third-order valence-corrected chi connectivity index (χ3v) is 3.53. The van der Waals surface area contributed by atoms with Crippen LogP contribution in [0.25, 0.3) is 0 Å². The van der Waals surface area contributed by atoms with E-state index in [2.05, 4.69) is 5.32 Å². The largest absolute Gasteiger partial charge is 0.480 e. The van der Waals surface area contributed by atoms with E-state index in [-0.39, 0.29) is 5.92 Å². The zero-order valence-electron chi connectivity index (χ0n) is 14.1. The van der Waals surface area contributed by atoms with Gasteiger partial charge >= 0.3 is 5.97 Å². The van der Waals surface area contributed by atoms with Crippen molar-refractivity contribution >= 4 is 11.9 Å². The van der Waals surface area contributed by atoms with E-state index >= 15 is 0 Å². The first-order chi connectivity index (χ1) is 10.1. The van der Waals surface area contributed by atoms with Crippen LogP contribution in [0.5, 0.6) is 5.75 Å². The number of para-hydroxylation sites is 1. The number of carbonyl (C=O) groups is 2. The number of rotatable bonds is 6. The van der Waals surface area contributed by atoms with Crippen LogP contribution in [0.3, 0.4) is 0 Å². The number of ether oxygens (including phenoxy) is 1. The maximum Gasteiger partial charge on any atom is 0.326 e. The first kappa shape index (κ1) is 18.0. The van der Waals surface area contributed by atoms with Gasteiger partial charge in [0, 0.05) is 0 Å². The molecule has 122 valence electrons. The molecular weight excluding hydrogens is 282 g/mol. The Morgan fingerprint density at radius 3 is 2.09 bits per heavy atom. The maximum atomic E-state index is 12.4. The molecule has 0 saturated carbocycles. The summed E-state index contributed by atoms with van der Waals surface area (Å²) in [7, 11) is 0. The van der Waals surface area contributed by atoms with Gasteiger partial charge in [-0.15, -0.1) is 0 Å². The normalized spacial score (nSPS) is 12.9. The lowest BCUT2D eigenvalue weighted by molar-refractivity contribution is -0.146. The van der Waals surface area contributed by atoms with Crippen LogP contribution in [-0.4, -0.2) is 28.6 Å². The van der Waals surface area contributed by atoms with Gasteiger partial charge in [0.15, 0.2) is 5.60 Å².